The Kier molecular flexibility index (Phi) is 5.25. The molecule has 0 saturated heterocycles. The lowest BCUT2D eigenvalue weighted by atomic mass is 10.0. The van der Waals surface area contributed by atoms with Crippen molar-refractivity contribution in [2.24, 2.45) is 5.92 Å². The van der Waals surface area contributed by atoms with Crippen LogP contribution in [0.3, 0.4) is 0 Å². The van der Waals surface area contributed by atoms with Gasteiger partial charge in [-0.05, 0) is 50.5 Å². The first-order valence-electron chi connectivity index (χ1n) is 9.88. The van der Waals surface area contributed by atoms with E-state index < -0.39 is 12.1 Å². The zero-order valence-corrected chi connectivity index (χ0v) is 16.9. The summed E-state index contributed by atoms with van der Waals surface area (Å²) in [6.07, 6.45) is 5.07. The molecule has 2 heterocycles. The Labute approximate surface area is 174 Å². The largest absolute Gasteiger partial charge is 0.373 e. The summed E-state index contributed by atoms with van der Waals surface area (Å²) in [7, 11) is 0. The number of aromatic nitrogens is 2. The number of pyridine rings is 1. The molecule has 4 rings (SSSR count). The molecule has 0 radical (unpaired) electrons. The number of nitriles is 1. The number of nitrogens with one attached hydrogen (secondary N) is 3. The van der Waals surface area contributed by atoms with Crippen molar-refractivity contribution in [1.82, 2.24) is 9.97 Å². The van der Waals surface area contributed by atoms with Gasteiger partial charge in [0.2, 0.25) is 0 Å². The highest BCUT2D eigenvalue weighted by Gasteiger charge is 2.29. The molecular weight excluding hydrogens is 378 g/mol. The highest BCUT2D eigenvalue weighted by Crippen LogP contribution is 2.35. The number of H-pyrrole nitrogens is 1. The van der Waals surface area contributed by atoms with E-state index in [1.54, 1.807) is 26.1 Å². The summed E-state index contributed by atoms with van der Waals surface area (Å²) in [5, 5.41) is 26.2. The zero-order valence-electron chi connectivity index (χ0n) is 16.9. The van der Waals surface area contributed by atoms with Crippen LogP contribution in [-0.2, 0) is 4.79 Å². The third-order valence-corrected chi connectivity index (χ3v) is 5.24. The third-order valence-electron chi connectivity index (χ3n) is 5.24. The molecule has 1 unspecified atom stereocenters. The summed E-state index contributed by atoms with van der Waals surface area (Å²) in [5.74, 6) is 0.493. The quantitative estimate of drug-likeness (QED) is 0.281. The smallest absolute Gasteiger partial charge is 0.266 e. The van der Waals surface area contributed by atoms with Gasteiger partial charge in [0.1, 0.15) is 23.7 Å². The van der Waals surface area contributed by atoms with Gasteiger partial charge in [-0.1, -0.05) is 17.7 Å². The summed E-state index contributed by atoms with van der Waals surface area (Å²) in [6, 6.07) is 11.4. The van der Waals surface area contributed by atoms with Crippen molar-refractivity contribution in [2.45, 2.75) is 32.9 Å². The Morgan fingerprint density at radius 3 is 2.83 bits per heavy atom. The van der Waals surface area contributed by atoms with Gasteiger partial charge in [-0.2, -0.15) is 5.26 Å². The minimum Gasteiger partial charge on any atom is -0.373 e. The van der Waals surface area contributed by atoms with Gasteiger partial charge in [-0.25, -0.2) is 4.98 Å². The molecule has 1 fully saturated rings. The van der Waals surface area contributed by atoms with Gasteiger partial charge >= 0.3 is 0 Å². The normalized spacial score (nSPS) is 14.1. The molecule has 1 atom stereocenters. The van der Waals surface area contributed by atoms with Crippen molar-refractivity contribution < 1.29 is 9.90 Å². The molecule has 0 spiro atoms. The first-order chi connectivity index (χ1) is 14.5. The van der Waals surface area contributed by atoms with Crippen LogP contribution in [0.4, 0.5) is 11.5 Å². The number of benzene rings is 1. The Hall–Kier alpha value is -3.63. The van der Waals surface area contributed by atoms with E-state index in [9.17, 15) is 15.2 Å². The number of hydrogen-bond acceptors (Lipinski definition) is 5. The predicted octanol–water partition coefficient (Wildman–Crippen LogP) is 4.17. The molecular formula is C23H23N5O2. The number of rotatable bonds is 6. The number of aliphatic hydroxyl groups excluding tert-OH is 1. The van der Waals surface area contributed by atoms with Crippen LogP contribution in [0.15, 0.2) is 53.9 Å². The van der Waals surface area contributed by atoms with Crippen LogP contribution in [0.1, 0.15) is 26.7 Å². The third kappa shape index (κ3) is 3.91. The molecule has 1 aromatic carbocycles. The average Bonchev–Trinajstić information content (AvgIpc) is 3.48. The minimum absolute atomic E-state index is 0.109. The number of anilines is 2. The number of carbonyl (C=O) groups excluding carboxylic acids is 1. The second kappa shape index (κ2) is 8.01. The number of aliphatic hydroxyl groups is 1. The van der Waals surface area contributed by atoms with Crippen LogP contribution in [0.2, 0.25) is 0 Å². The Bertz CT molecular complexity index is 1180. The Morgan fingerprint density at radius 2 is 2.13 bits per heavy atom. The van der Waals surface area contributed by atoms with Crippen molar-refractivity contribution in [3.63, 3.8) is 0 Å². The van der Waals surface area contributed by atoms with Crippen LogP contribution >= 0.6 is 0 Å². The van der Waals surface area contributed by atoms with Gasteiger partial charge < -0.3 is 20.7 Å². The van der Waals surface area contributed by atoms with E-state index in [0.717, 1.165) is 34.9 Å². The molecule has 152 valence electrons. The molecule has 2 aromatic heterocycles. The number of fused-ring (bicyclic) bond motifs is 1. The van der Waals surface area contributed by atoms with Gasteiger partial charge in [-0.3, -0.25) is 4.79 Å². The Morgan fingerprint density at radius 1 is 1.33 bits per heavy atom. The van der Waals surface area contributed by atoms with Gasteiger partial charge in [0.15, 0.2) is 0 Å². The molecule has 3 aromatic rings. The van der Waals surface area contributed by atoms with E-state index in [1.807, 2.05) is 36.5 Å². The number of aromatic amines is 1. The summed E-state index contributed by atoms with van der Waals surface area (Å²) >= 11 is 0. The number of carbonyl (C=O) groups is 1. The fraction of sp³-hybridized carbons (Fsp3) is 0.261. The lowest BCUT2D eigenvalue weighted by Crippen LogP contribution is -2.21. The number of allylic oxidation sites excluding steroid dienone is 1. The van der Waals surface area contributed by atoms with Crippen LogP contribution < -0.4 is 10.6 Å². The highest BCUT2D eigenvalue weighted by atomic mass is 16.3. The topological polar surface area (TPSA) is 114 Å². The van der Waals surface area contributed by atoms with E-state index in [0.29, 0.717) is 23.0 Å². The number of hydrogen-bond donors (Lipinski definition) is 4. The lowest BCUT2D eigenvalue weighted by molar-refractivity contribution is -0.112. The van der Waals surface area contributed by atoms with E-state index in [2.05, 4.69) is 20.6 Å². The van der Waals surface area contributed by atoms with Crippen molar-refractivity contribution in [1.29, 1.82) is 5.26 Å². The SMILES string of the molecule is CC(C)=C(C#N)C(=O)Nc1cccc2c(-c3ccnc(NC(O)C4CC4)c3)c[nH]c12. The molecule has 1 amide bonds. The zero-order chi connectivity index (χ0) is 21.3. The molecule has 1 aliphatic rings. The van der Waals surface area contributed by atoms with E-state index >= 15 is 0 Å². The van der Waals surface area contributed by atoms with E-state index in [-0.39, 0.29) is 5.57 Å². The van der Waals surface area contributed by atoms with Crippen LogP contribution in [0, 0.1) is 17.2 Å². The summed E-state index contributed by atoms with van der Waals surface area (Å²) in [6.45, 7) is 3.47. The standard InChI is InChI=1S/C23H23N5O2/c1-13(2)17(11-24)23(30)27-19-5-3-4-16-18(12-26-21(16)19)15-8-9-25-20(10-15)28-22(29)14-6-7-14/h3-5,8-10,12,14,22,26,29H,6-7H2,1-2H3,(H,25,28)(H,27,30). The van der Waals surface area contributed by atoms with Gasteiger partial charge in [0.05, 0.1) is 11.2 Å². The van der Waals surface area contributed by atoms with Crippen molar-refractivity contribution in [2.75, 3.05) is 10.6 Å². The molecule has 4 N–H and O–H groups in total. The maximum atomic E-state index is 12.5. The summed E-state index contributed by atoms with van der Waals surface area (Å²) in [5.41, 5.74) is 4.05. The molecule has 0 aliphatic heterocycles. The van der Waals surface area contributed by atoms with E-state index in [4.69, 9.17) is 0 Å². The minimum atomic E-state index is -0.582. The van der Waals surface area contributed by atoms with Gasteiger partial charge in [0.25, 0.3) is 5.91 Å². The van der Waals surface area contributed by atoms with Gasteiger partial charge in [0, 0.05) is 29.3 Å². The molecule has 7 nitrogen and oxygen atoms in total. The fourth-order valence-electron chi connectivity index (χ4n) is 3.43. The fourth-order valence-corrected chi connectivity index (χ4v) is 3.43. The number of para-hydroxylation sites is 1. The van der Waals surface area contributed by atoms with Crippen molar-refractivity contribution in [3.05, 3.63) is 53.9 Å². The molecule has 1 saturated carbocycles. The monoisotopic (exact) mass is 401 g/mol. The second-order valence-corrected chi connectivity index (χ2v) is 7.73. The Balaban J connectivity index is 1.65. The maximum Gasteiger partial charge on any atom is 0.266 e. The molecule has 30 heavy (non-hydrogen) atoms. The summed E-state index contributed by atoms with van der Waals surface area (Å²) in [4.78, 5) is 20.0. The first kappa shape index (κ1) is 19.7. The van der Waals surface area contributed by atoms with Crippen molar-refractivity contribution in [3.8, 4) is 17.2 Å². The highest BCUT2D eigenvalue weighted by molar-refractivity contribution is 6.12. The molecule has 1 aliphatic carbocycles. The van der Waals surface area contributed by atoms with Crippen molar-refractivity contribution >= 4 is 28.3 Å². The number of nitrogens with zero attached hydrogens (tertiary/aromatic N) is 2. The number of amides is 1. The predicted molar refractivity (Wildman–Crippen MR) is 116 cm³/mol. The van der Waals surface area contributed by atoms with E-state index in [1.165, 1.54) is 0 Å². The van der Waals surface area contributed by atoms with Crippen LogP contribution in [0.5, 0.6) is 0 Å². The van der Waals surface area contributed by atoms with Crippen LogP contribution in [-0.4, -0.2) is 27.2 Å². The second-order valence-electron chi connectivity index (χ2n) is 7.73. The average molecular weight is 401 g/mol. The maximum absolute atomic E-state index is 12.5. The van der Waals surface area contributed by atoms with Crippen LogP contribution in [0.25, 0.3) is 22.0 Å². The lowest BCUT2D eigenvalue weighted by Gasteiger charge is -2.13. The van der Waals surface area contributed by atoms with Gasteiger partial charge in [-0.15, -0.1) is 0 Å². The first-order valence-corrected chi connectivity index (χ1v) is 9.88. The molecule has 7 heteroatoms. The summed E-state index contributed by atoms with van der Waals surface area (Å²) < 4.78 is 0. The molecule has 0 bridgehead atoms.